The number of piperidine rings is 1. The number of amides is 2. The van der Waals surface area contributed by atoms with Crippen LogP contribution in [0.3, 0.4) is 0 Å². The summed E-state index contributed by atoms with van der Waals surface area (Å²) in [5.41, 5.74) is 1.38. The molecule has 0 bridgehead atoms. The number of likely N-dealkylation sites (tertiary alicyclic amines) is 1. The van der Waals surface area contributed by atoms with Crippen LogP contribution in [-0.2, 0) is 22.6 Å². The molecule has 2 aromatic rings. The van der Waals surface area contributed by atoms with Crippen LogP contribution in [0, 0.1) is 5.92 Å². The van der Waals surface area contributed by atoms with Crippen LogP contribution < -0.4 is 5.32 Å². The summed E-state index contributed by atoms with van der Waals surface area (Å²) in [5, 5.41) is 4.99. The Morgan fingerprint density at radius 2 is 1.86 bits per heavy atom. The predicted molar refractivity (Wildman–Crippen MR) is 116 cm³/mol. The molecule has 5 nitrogen and oxygen atoms in total. The monoisotopic (exact) mass is 411 g/mol. The van der Waals surface area contributed by atoms with Gasteiger partial charge in [0.1, 0.15) is 0 Å². The largest absolute Gasteiger partial charge is 0.353 e. The lowest BCUT2D eigenvalue weighted by Gasteiger charge is -2.37. The molecule has 0 aliphatic carbocycles. The van der Waals surface area contributed by atoms with Gasteiger partial charge in [-0.3, -0.25) is 14.5 Å². The van der Waals surface area contributed by atoms with Gasteiger partial charge in [-0.1, -0.05) is 36.4 Å². The molecule has 154 valence electrons. The van der Waals surface area contributed by atoms with E-state index in [0.29, 0.717) is 12.5 Å². The lowest BCUT2D eigenvalue weighted by atomic mass is 9.90. The zero-order chi connectivity index (χ0) is 20.1. The Morgan fingerprint density at radius 1 is 1.07 bits per heavy atom. The summed E-state index contributed by atoms with van der Waals surface area (Å²) in [6, 6.07) is 14.4. The molecule has 2 fully saturated rings. The van der Waals surface area contributed by atoms with E-state index in [1.807, 2.05) is 17.0 Å². The summed E-state index contributed by atoms with van der Waals surface area (Å²) in [6.45, 7) is 3.79. The van der Waals surface area contributed by atoms with E-state index in [4.69, 9.17) is 0 Å². The Balaban J connectivity index is 1.30. The fourth-order valence-electron chi connectivity index (χ4n) is 4.40. The molecule has 1 aromatic heterocycles. The average Bonchev–Trinajstić information content (AvgIpc) is 3.25. The lowest BCUT2D eigenvalue weighted by molar-refractivity contribution is -0.140. The Kier molecular flexibility index (Phi) is 6.62. The average molecular weight is 412 g/mol. The summed E-state index contributed by atoms with van der Waals surface area (Å²) in [5.74, 6) is 0.733. The van der Waals surface area contributed by atoms with Crippen molar-refractivity contribution in [2.24, 2.45) is 5.92 Å². The molecular weight excluding hydrogens is 382 g/mol. The van der Waals surface area contributed by atoms with Gasteiger partial charge in [-0.2, -0.15) is 0 Å². The molecule has 0 spiro atoms. The van der Waals surface area contributed by atoms with Gasteiger partial charge in [0.05, 0.1) is 12.5 Å². The van der Waals surface area contributed by atoms with Crippen molar-refractivity contribution < 1.29 is 9.59 Å². The van der Waals surface area contributed by atoms with E-state index < -0.39 is 0 Å². The maximum Gasteiger partial charge on any atom is 0.237 e. The van der Waals surface area contributed by atoms with Gasteiger partial charge in [0.2, 0.25) is 11.8 Å². The van der Waals surface area contributed by atoms with Crippen molar-refractivity contribution in [3.63, 3.8) is 0 Å². The number of nitrogens with one attached hydrogen (secondary N) is 1. The summed E-state index contributed by atoms with van der Waals surface area (Å²) >= 11 is 1.70. The minimum atomic E-state index is -0.361. The lowest BCUT2D eigenvalue weighted by Crippen LogP contribution is -2.56. The molecular formula is C23H29N3O2S. The van der Waals surface area contributed by atoms with Gasteiger partial charge in [0.25, 0.3) is 0 Å². The van der Waals surface area contributed by atoms with Crippen molar-refractivity contribution in [3.8, 4) is 0 Å². The van der Waals surface area contributed by atoms with E-state index in [0.717, 1.165) is 45.4 Å². The molecule has 1 N–H and O–H groups in total. The number of hydrogen-bond acceptors (Lipinski definition) is 4. The highest BCUT2D eigenvalue weighted by Crippen LogP contribution is 2.23. The second-order valence-corrected chi connectivity index (χ2v) is 9.11. The van der Waals surface area contributed by atoms with Gasteiger partial charge in [0.15, 0.2) is 0 Å². The van der Waals surface area contributed by atoms with Gasteiger partial charge < -0.3 is 10.2 Å². The van der Waals surface area contributed by atoms with E-state index >= 15 is 0 Å². The van der Waals surface area contributed by atoms with Crippen molar-refractivity contribution in [1.29, 1.82) is 0 Å². The number of carbonyl (C=O) groups is 2. The molecule has 2 amide bonds. The van der Waals surface area contributed by atoms with Crippen LogP contribution in [0.5, 0.6) is 0 Å². The van der Waals surface area contributed by atoms with Crippen molar-refractivity contribution in [2.75, 3.05) is 26.2 Å². The first-order valence-electron chi connectivity index (χ1n) is 10.5. The van der Waals surface area contributed by atoms with Gasteiger partial charge in [-0.15, -0.1) is 11.3 Å². The topological polar surface area (TPSA) is 52.7 Å². The molecule has 2 aliphatic rings. The summed E-state index contributed by atoms with van der Waals surface area (Å²) in [6.07, 6.45) is 3.44. The summed E-state index contributed by atoms with van der Waals surface area (Å²) in [7, 11) is 0. The van der Waals surface area contributed by atoms with Gasteiger partial charge in [-0.05, 0) is 42.2 Å². The minimum absolute atomic E-state index is 0.0138. The van der Waals surface area contributed by atoms with Crippen molar-refractivity contribution >= 4 is 23.2 Å². The fourth-order valence-corrected chi connectivity index (χ4v) is 5.13. The van der Waals surface area contributed by atoms with Crippen LogP contribution in [0.1, 0.15) is 29.7 Å². The maximum absolute atomic E-state index is 12.9. The van der Waals surface area contributed by atoms with Crippen LogP contribution in [-0.4, -0.2) is 53.8 Å². The third kappa shape index (κ3) is 5.25. The van der Waals surface area contributed by atoms with E-state index in [9.17, 15) is 9.59 Å². The Labute approximate surface area is 176 Å². The van der Waals surface area contributed by atoms with Gasteiger partial charge in [-0.25, -0.2) is 0 Å². The van der Waals surface area contributed by atoms with E-state index in [-0.39, 0.29) is 24.3 Å². The first-order valence-corrected chi connectivity index (χ1v) is 11.4. The van der Waals surface area contributed by atoms with E-state index in [2.05, 4.69) is 45.9 Å². The maximum atomic E-state index is 12.9. The van der Waals surface area contributed by atoms with Crippen molar-refractivity contribution in [2.45, 2.75) is 38.3 Å². The molecule has 1 atom stereocenters. The molecule has 2 aliphatic heterocycles. The van der Waals surface area contributed by atoms with Crippen molar-refractivity contribution in [1.82, 2.24) is 15.1 Å². The van der Waals surface area contributed by atoms with Crippen LogP contribution in [0.25, 0.3) is 0 Å². The van der Waals surface area contributed by atoms with Crippen LogP contribution in [0.15, 0.2) is 47.8 Å². The van der Waals surface area contributed by atoms with Crippen LogP contribution >= 0.6 is 11.3 Å². The molecule has 0 radical (unpaired) electrons. The third-order valence-electron chi connectivity index (χ3n) is 6.08. The Morgan fingerprint density at radius 3 is 2.59 bits per heavy atom. The second kappa shape index (κ2) is 9.55. The van der Waals surface area contributed by atoms with Crippen molar-refractivity contribution in [3.05, 3.63) is 58.3 Å². The third-order valence-corrected chi connectivity index (χ3v) is 6.94. The highest BCUT2D eigenvalue weighted by atomic mass is 32.1. The number of carbonyl (C=O) groups excluding carboxylic acids is 2. The molecule has 3 heterocycles. The zero-order valence-electron chi connectivity index (χ0n) is 16.8. The smallest absolute Gasteiger partial charge is 0.237 e. The molecule has 0 saturated carbocycles. The molecule has 1 aromatic carbocycles. The standard InChI is InChI=1S/C23H29N3O2S/c27-22(25-11-8-19(9-12-25)15-18-5-2-1-3-6-18)16-21-23(28)24-10-13-26(21)17-20-7-4-14-29-20/h1-7,14,19,21H,8-13,15-17H2,(H,24,28)/t21-/m0/s1. The number of nitrogens with zero attached hydrogens (tertiary/aromatic N) is 2. The van der Waals surface area contributed by atoms with Gasteiger partial charge >= 0.3 is 0 Å². The van der Waals surface area contributed by atoms with E-state index in [1.54, 1.807) is 11.3 Å². The summed E-state index contributed by atoms with van der Waals surface area (Å²) in [4.78, 5) is 30.8. The molecule has 0 unspecified atom stereocenters. The molecule has 29 heavy (non-hydrogen) atoms. The fraction of sp³-hybridized carbons (Fsp3) is 0.478. The highest BCUT2D eigenvalue weighted by Gasteiger charge is 2.34. The van der Waals surface area contributed by atoms with Crippen LogP contribution in [0.2, 0.25) is 0 Å². The van der Waals surface area contributed by atoms with Gasteiger partial charge in [0, 0.05) is 37.6 Å². The highest BCUT2D eigenvalue weighted by molar-refractivity contribution is 7.09. The number of rotatable bonds is 6. The predicted octanol–water partition coefficient (Wildman–Crippen LogP) is 2.92. The first-order chi connectivity index (χ1) is 14.2. The molecule has 6 heteroatoms. The number of piperazine rings is 1. The van der Waals surface area contributed by atoms with Crippen LogP contribution in [0.4, 0.5) is 0 Å². The zero-order valence-corrected chi connectivity index (χ0v) is 17.6. The number of thiophene rings is 1. The first kappa shape index (κ1) is 20.1. The quantitative estimate of drug-likeness (QED) is 0.795. The summed E-state index contributed by atoms with van der Waals surface area (Å²) < 4.78 is 0. The minimum Gasteiger partial charge on any atom is -0.353 e. The Bertz CT molecular complexity index is 801. The number of benzene rings is 1. The normalized spacial score (nSPS) is 21.2. The number of hydrogen-bond donors (Lipinski definition) is 1. The molecule has 4 rings (SSSR count). The molecule has 2 saturated heterocycles. The SMILES string of the molecule is O=C1NCCN(Cc2cccs2)[C@H]1CC(=O)N1CCC(Cc2ccccc2)CC1. The second-order valence-electron chi connectivity index (χ2n) is 8.07. The van der Waals surface area contributed by atoms with E-state index in [1.165, 1.54) is 10.4 Å². The Hall–Kier alpha value is -2.18.